The SMILES string of the molecule is Cc1ccc(-n2c(N)nc3cccnc32)cc1. The Hall–Kier alpha value is -2.36. The van der Waals surface area contributed by atoms with Gasteiger partial charge in [-0.15, -0.1) is 0 Å². The van der Waals surface area contributed by atoms with E-state index in [1.54, 1.807) is 6.20 Å². The van der Waals surface area contributed by atoms with Crippen LogP contribution >= 0.6 is 0 Å². The van der Waals surface area contributed by atoms with Gasteiger partial charge < -0.3 is 5.73 Å². The molecule has 1 aromatic carbocycles. The largest absolute Gasteiger partial charge is 0.369 e. The van der Waals surface area contributed by atoms with Gasteiger partial charge in [0.15, 0.2) is 5.65 Å². The van der Waals surface area contributed by atoms with Crippen LogP contribution in [0.5, 0.6) is 0 Å². The number of anilines is 1. The zero-order chi connectivity index (χ0) is 11.8. The third-order valence-corrected chi connectivity index (χ3v) is 2.73. The molecule has 0 unspecified atom stereocenters. The van der Waals surface area contributed by atoms with Gasteiger partial charge in [-0.25, -0.2) is 9.97 Å². The second kappa shape index (κ2) is 3.59. The number of fused-ring (bicyclic) bond motifs is 1. The van der Waals surface area contributed by atoms with E-state index in [-0.39, 0.29) is 0 Å². The molecule has 0 saturated heterocycles. The van der Waals surface area contributed by atoms with E-state index < -0.39 is 0 Å². The summed E-state index contributed by atoms with van der Waals surface area (Å²) in [6.45, 7) is 2.05. The maximum atomic E-state index is 5.94. The first-order valence-corrected chi connectivity index (χ1v) is 5.42. The topological polar surface area (TPSA) is 56.7 Å². The van der Waals surface area contributed by atoms with Crippen LogP contribution in [0.25, 0.3) is 16.9 Å². The molecule has 4 nitrogen and oxygen atoms in total. The number of hydrogen-bond donors (Lipinski definition) is 1. The Morgan fingerprint density at radius 1 is 1.12 bits per heavy atom. The lowest BCUT2D eigenvalue weighted by Crippen LogP contribution is -2.01. The molecule has 0 atom stereocenters. The van der Waals surface area contributed by atoms with Crippen molar-refractivity contribution in [3.05, 3.63) is 48.2 Å². The maximum absolute atomic E-state index is 5.94. The van der Waals surface area contributed by atoms with E-state index in [0.29, 0.717) is 5.95 Å². The molecule has 0 aliphatic rings. The van der Waals surface area contributed by atoms with Crippen molar-refractivity contribution in [1.29, 1.82) is 0 Å². The Morgan fingerprint density at radius 2 is 1.88 bits per heavy atom. The van der Waals surface area contributed by atoms with Crippen LogP contribution in [0, 0.1) is 6.92 Å². The smallest absolute Gasteiger partial charge is 0.207 e. The molecule has 0 amide bonds. The van der Waals surface area contributed by atoms with Crippen LogP contribution < -0.4 is 5.73 Å². The third kappa shape index (κ3) is 1.54. The Bertz CT molecular complexity index is 667. The number of imidazole rings is 1. The van der Waals surface area contributed by atoms with Gasteiger partial charge in [-0.05, 0) is 31.2 Å². The number of benzene rings is 1. The van der Waals surface area contributed by atoms with Crippen molar-refractivity contribution in [2.24, 2.45) is 0 Å². The molecule has 84 valence electrons. The van der Waals surface area contributed by atoms with Crippen LogP contribution in [-0.4, -0.2) is 14.5 Å². The number of nitrogens with two attached hydrogens (primary N) is 1. The van der Waals surface area contributed by atoms with E-state index in [1.165, 1.54) is 5.56 Å². The first-order valence-electron chi connectivity index (χ1n) is 5.42. The Balaban J connectivity index is 2.29. The van der Waals surface area contributed by atoms with Crippen LogP contribution in [0.1, 0.15) is 5.56 Å². The lowest BCUT2D eigenvalue weighted by molar-refractivity contribution is 1.08. The minimum absolute atomic E-state index is 0.461. The van der Waals surface area contributed by atoms with Crippen molar-refractivity contribution in [3.8, 4) is 5.69 Å². The van der Waals surface area contributed by atoms with Crippen LogP contribution in [-0.2, 0) is 0 Å². The van der Waals surface area contributed by atoms with Crippen molar-refractivity contribution in [3.63, 3.8) is 0 Å². The van der Waals surface area contributed by atoms with E-state index >= 15 is 0 Å². The van der Waals surface area contributed by atoms with Gasteiger partial charge in [0.05, 0.1) is 5.69 Å². The molecule has 3 rings (SSSR count). The van der Waals surface area contributed by atoms with Crippen LogP contribution in [0.4, 0.5) is 5.95 Å². The molecule has 0 saturated carbocycles. The van der Waals surface area contributed by atoms with E-state index in [0.717, 1.165) is 16.9 Å². The lowest BCUT2D eigenvalue weighted by Gasteiger charge is -2.05. The monoisotopic (exact) mass is 224 g/mol. The molecule has 2 N–H and O–H groups in total. The molecule has 0 bridgehead atoms. The van der Waals surface area contributed by atoms with Gasteiger partial charge in [0.2, 0.25) is 5.95 Å². The Kier molecular flexibility index (Phi) is 2.08. The van der Waals surface area contributed by atoms with Gasteiger partial charge in [0, 0.05) is 6.20 Å². The molecule has 0 aliphatic heterocycles. The molecule has 0 spiro atoms. The fourth-order valence-corrected chi connectivity index (χ4v) is 1.88. The highest BCUT2D eigenvalue weighted by molar-refractivity contribution is 5.76. The summed E-state index contributed by atoms with van der Waals surface area (Å²) in [4.78, 5) is 8.61. The van der Waals surface area contributed by atoms with Gasteiger partial charge in [-0.1, -0.05) is 17.7 Å². The quantitative estimate of drug-likeness (QED) is 0.690. The summed E-state index contributed by atoms with van der Waals surface area (Å²) in [7, 11) is 0. The van der Waals surface area contributed by atoms with E-state index in [4.69, 9.17) is 5.73 Å². The summed E-state index contributed by atoms with van der Waals surface area (Å²) in [5.41, 5.74) is 9.73. The molecule has 0 radical (unpaired) electrons. The molecule has 4 heteroatoms. The molecule has 2 heterocycles. The molecule has 0 aliphatic carbocycles. The van der Waals surface area contributed by atoms with Crippen LogP contribution in [0.3, 0.4) is 0 Å². The van der Waals surface area contributed by atoms with E-state index in [9.17, 15) is 0 Å². The van der Waals surface area contributed by atoms with Crippen molar-refractivity contribution < 1.29 is 0 Å². The Morgan fingerprint density at radius 3 is 2.65 bits per heavy atom. The van der Waals surface area contributed by atoms with Gasteiger partial charge in [-0.2, -0.15) is 0 Å². The molecule has 3 aromatic rings. The first kappa shape index (κ1) is 9.84. The first-order chi connectivity index (χ1) is 8.25. The van der Waals surface area contributed by atoms with Crippen molar-refractivity contribution >= 4 is 17.1 Å². The fourth-order valence-electron chi connectivity index (χ4n) is 1.88. The van der Waals surface area contributed by atoms with Gasteiger partial charge in [-0.3, -0.25) is 4.57 Å². The minimum atomic E-state index is 0.461. The molecule has 2 aromatic heterocycles. The number of hydrogen-bond acceptors (Lipinski definition) is 3. The molecule has 0 fully saturated rings. The highest BCUT2D eigenvalue weighted by atomic mass is 15.2. The third-order valence-electron chi connectivity index (χ3n) is 2.73. The highest BCUT2D eigenvalue weighted by Gasteiger charge is 2.09. The number of aryl methyl sites for hydroxylation is 1. The summed E-state index contributed by atoms with van der Waals surface area (Å²) >= 11 is 0. The number of nitrogen functional groups attached to an aromatic ring is 1. The van der Waals surface area contributed by atoms with Crippen molar-refractivity contribution in [2.45, 2.75) is 6.92 Å². The lowest BCUT2D eigenvalue weighted by atomic mass is 10.2. The van der Waals surface area contributed by atoms with E-state index in [1.807, 2.05) is 41.0 Å². The zero-order valence-corrected chi connectivity index (χ0v) is 9.46. The average Bonchev–Trinajstić information content (AvgIpc) is 2.66. The summed E-state index contributed by atoms with van der Waals surface area (Å²) in [5, 5.41) is 0. The molecular weight excluding hydrogens is 212 g/mol. The fraction of sp³-hybridized carbons (Fsp3) is 0.0769. The summed E-state index contributed by atoms with van der Waals surface area (Å²) in [6.07, 6.45) is 1.74. The highest BCUT2D eigenvalue weighted by Crippen LogP contribution is 2.21. The predicted molar refractivity (Wildman–Crippen MR) is 68.0 cm³/mol. The van der Waals surface area contributed by atoms with Crippen LogP contribution in [0.15, 0.2) is 42.6 Å². The summed E-state index contributed by atoms with van der Waals surface area (Å²) in [6, 6.07) is 11.9. The molecule has 17 heavy (non-hydrogen) atoms. The number of rotatable bonds is 1. The van der Waals surface area contributed by atoms with Crippen LogP contribution in [0.2, 0.25) is 0 Å². The maximum Gasteiger partial charge on any atom is 0.207 e. The number of aromatic nitrogens is 3. The normalized spacial score (nSPS) is 10.9. The summed E-state index contributed by atoms with van der Waals surface area (Å²) < 4.78 is 1.86. The zero-order valence-electron chi connectivity index (χ0n) is 9.46. The van der Waals surface area contributed by atoms with E-state index in [2.05, 4.69) is 16.9 Å². The predicted octanol–water partition coefficient (Wildman–Crippen LogP) is 2.31. The van der Waals surface area contributed by atoms with Gasteiger partial charge in [0.1, 0.15) is 5.52 Å². The van der Waals surface area contributed by atoms with Crippen molar-refractivity contribution in [2.75, 3.05) is 5.73 Å². The second-order valence-corrected chi connectivity index (χ2v) is 3.99. The van der Waals surface area contributed by atoms with Gasteiger partial charge >= 0.3 is 0 Å². The van der Waals surface area contributed by atoms with Gasteiger partial charge in [0.25, 0.3) is 0 Å². The number of pyridine rings is 1. The van der Waals surface area contributed by atoms with Crippen molar-refractivity contribution in [1.82, 2.24) is 14.5 Å². The average molecular weight is 224 g/mol. The number of nitrogens with zero attached hydrogens (tertiary/aromatic N) is 3. The second-order valence-electron chi connectivity index (χ2n) is 3.99. The summed E-state index contributed by atoms with van der Waals surface area (Å²) in [5.74, 6) is 0.461. The Labute approximate surface area is 98.7 Å². The standard InChI is InChI=1S/C13H12N4/c1-9-4-6-10(7-5-9)17-12-11(16-13(17)14)3-2-8-15-12/h2-8H,1H3,(H2,14,16). The minimum Gasteiger partial charge on any atom is -0.369 e. The molecular formula is C13H12N4.